The second-order valence-corrected chi connectivity index (χ2v) is 8.52. The highest BCUT2D eigenvalue weighted by Crippen LogP contribution is 2.30. The Balaban J connectivity index is 1.52. The minimum absolute atomic E-state index is 0.270. The molecule has 1 N–H and O–H groups in total. The predicted molar refractivity (Wildman–Crippen MR) is 128 cm³/mol. The maximum Gasteiger partial charge on any atom is 0.295 e. The summed E-state index contributed by atoms with van der Waals surface area (Å²) in [5.41, 5.74) is 2.44. The Morgan fingerprint density at radius 2 is 1.84 bits per heavy atom. The molecule has 0 saturated heterocycles. The molecule has 31 heavy (non-hydrogen) atoms. The van der Waals surface area contributed by atoms with Crippen LogP contribution in [0.4, 0.5) is 5.69 Å². The van der Waals surface area contributed by atoms with Crippen molar-refractivity contribution in [2.45, 2.75) is 6.92 Å². The Bertz CT molecular complexity index is 1330. The van der Waals surface area contributed by atoms with Crippen molar-refractivity contribution in [1.29, 1.82) is 0 Å². The number of thiophene rings is 1. The average molecular weight is 450 g/mol. The molecule has 0 fully saturated rings. The second-order valence-electron chi connectivity index (χ2n) is 6.97. The summed E-state index contributed by atoms with van der Waals surface area (Å²) in [5, 5.41) is 3.42. The normalized spacial score (nSPS) is 11.2. The number of carbonyl (C=O) groups excluding carboxylic acids is 1. The van der Waals surface area contributed by atoms with Gasteiger partial charge in [-0.25, -0.2) is 4.68 Å². The molecule has 0 aliphatic rings. The third-order valence-electron chi connectivity index (χ3n) is 4.94. The molecule has 156 valence electrons. The third kappa shape index (κ3) is 4.40. The van der Waals surface area contributed by atoms with E-state index in [0.717, 1.165) is 21.0 Å². The molecule has 1 amide bonds. The molecule has 7 heteroatoms. The van der Waals surface area contributed by atoms with Gasteiger partial charge in [-0.2, -0.15) is 0 Å². The first-order valence-electron chi connectivity index (χ1n) is 9.63. The van der Waals surface area contributed by atoms with Gasteiger partial charge in [-0.05, 0) is 55.0 Å². The zero-order chi connectivity index (χ0) is 22.0. The van der Waals surface area contributed by atoms with Crippen molar-refractivity contribution in [3.63, 3.8) is 0 Å². The summed E-state index contributed by atoms with van der Waals surface area (Å²) < 4.78 is 3.26. The molecule has 5 nitrogen and oxygen atoms in total. The summed E-state index contributed by atoms with van der Waals surface area (Å²) >= 11 is 7.63. The summed E-state index contributed by atoms with van der Waals surface area (Å²) in [7, 11) is 1.79. The maximum atomic E-state index is 12.9. The van der Waals surface area contributed by atoms with Crippen LogP contribution in [0.1, 0.15) is 10.6 Å². The standard InChI is InChI=1S/C24H20ClN3O2S/c1-16-23(24(30)28(27(16)2)19-9-4-3-5-10-19)26-22(29)14-12-20-11-13-21(31-20)17-7-6-8-18(25)15-17/h3-15H,1-2H3,(H,26,29)/b14-12+. The Hall–Kier alpha value is -3.35. The molecule has 0 radical (unpaired) electrons. The minimum atomic E-state index is -0.358. The molecule has 2 heterocycles. The van der Waals surface area contributed by atoms with Crippen LogP contribution in [0.15, 0.2) is 77.6 Å². The SMILES string of the molecule is Cc1c(NC(=O)/C=C/c2ccc(-c3cccc(Cl)c3)s2)c(=O)n(-c2ccccc2)n1C. The van der Waals surface area contributed by atoms with Gasteiger partial charge >= 0.3 is 0 Å². The highest BCUT2D eigenvalue weighted by Gasteiger charge is 2.17. The molecule has 0 aliphatic heterocycles. The molecule has 0 atom stereocenters. The van der Waals surface area contributed by atoms with Gasteiger partial charge in [0.1, 0.15) is 5.69 Å². The van der Waals surface area contributed by atoms with Gasteiger partial charge in [0, 0.05) is 27.9 Å². The fourth-order valence-corrected chi connectivity index (χ4v) is 4.37. The van der Waals surface area contributed by atoms with Crippen LogP contribution in [-0.4, -0.2) is 15.3 Å². The number of amides is 1. The van der Waals surface area contributed by atoms with Crippen molar-refractivity contribution in [3.8, 4) is 16.1 Å². The van der Waals surface area contributed by atoms with Crippen molar-refractivity contribution in [3.05, 3.63) is 98.8 Å². The van der Waals surface area contributed by atoms with Crippen LogP contribution in [0.5, 0.6) is 0 Å². The first-order chi connectivity index (χ1) is 14.9. The van der Waals surface area contributed by atoms with E-state index in [4.69, 9.17) is 11.6 Å². The Labute approximate surface area is 188 Å². The van der Waals surface area contributed by atoms with E-state index in [2.05, 4.69) is 5.32 Å². The number of hydrogen-bond acceptors (Lipinski definition) is 3. The van der Waals surface area contributed by atoms with E-state index in [0.29, 0.717) is 10.7 Å². The fourth-order valence-electron chi connectivity index (χ4n) is 3.27. The highest BCUT2D eigenvalue weighted by atomic mass is 35.5. The van der Waals surface area contributed by atoms with E-state index in [9.17, 15) is 9.59 Å². The van der Waals surface area contributed by atoms with E-state index in [1.807, 2.05) is 66.7 Å². The molecule has 2 aromatic carbocycles. The molecule has 0 aliphatic carbocycles. The molecular weight excluding hydrogens is 430 g/mol. The van der Waals surface area contributed by atoms with Gasteiger partial charge in [-0.1, -0.05) is 41.9 Å². The van der Waals surface area contributed by atoms with Crippen LogP contribution < -0.4 is 10.9 Å². The molecule has 4 rings (SSSR count). The summed E-state index contributed by atoms with van der Waals surface area (Å²) in [4.78, 5) is 27.4. The van der Waals surface area contributed by atoms with Gasteiger partial charge in [0.25, 0.3) is 5.56 Å². The Morgan fingerprint density at radius 3 is 2.58 bits per heavy atom. The summed E-state index contributed by atoms with van der Waals surface area (Å²) in [6.45, 7) is 1.80. The Kier molecular flexibility index (Phi) is 5.93. The van der Waals surface area contributed by atoms with Gasteiger partial charge in [-0.3, -0.25) is 14.3 Å². The zero-order valence-corrected chi connectivity index (χ0v) is 18.6. The average Bonchev–Trinajstić information content (AvgIpc) is 3.32. The highest BCUT2D eigenvalue weighted by molar-refractivity contribution is 7.16. The molecule has 0 saturated carbocycles. The van der Waals surface area contributed by atoms with E-state index >= 15 is 0 Å². The van der Waals surface area contributed by atoms with Gasteiger partial charge in [0.15, 0.2) is 0 Å². The van der Waals surface area contributed by atoms with Crippen LogP contribution in [0, 0.1) is 6.92 Å². The summed E-state index contributed by atoms with van der Waals surface area (Å²) in [6.07, 6.45) is 3.17. The number of anilines is 1. The number of halogens is 1. The number of aromatic nitrogens is 2. The zero-order valence-electron chi connectivity index (χ0n) is 17.0. The number of para-hydroxylation sites is 1. The lowest BCUT2D eigenvalue weighted by Gasteiger charge is -2.07. The number of carbonyl (C=O) groups is 1. The van der Waals surface area contributed by atoms with Crippen LogP contribution in [0.2, 0.25) is 5.02 Å². The Morgan fingerprint density at radius 1 is 1.06 bits per heavy atom. The molecule has 4 aromatic rings. The second kappa shape index (κ2) is 8.79. The molecule has 0 spiro atoms. The lowest BCUT2D eigenvalue weighted by atomic mass is 10.2. The lowest BCUT2D eigenvalue weighted by Crippen LogP contribution is -2.22. The topological polar surface area (TPSA) is 56.0 Å². The molecule has 0 bridgehead atoms. The first kappa shape index (κ1) is 20.9. The quantitative estimate of drug-likeness (QED) is 0.408. The maximum absolute atomic E-state index is 12.9. The fraction of sp³-hybridized carbons (Fsp3) is 0.0833. The number of nitrogens with one attached hydrogen (secondary N) is 1. The number of hydrogen-bond donors (Lipinski definition) is 1. The van der Waals surface area contributed by atoms with E-state index in [-0.39, 0.29) is 17.2 Å². The molecular formula is C24H20ClN3O2S. The smallest absolute Gasteiger partial charge is 0.295 e. The van der Waals surface area contributed by atoms with Crippen LogP contribution in [0.25, 0.3) is 22.2 Å². The van der Waals surface area contributed by atoms with Crippen molar-refractivity contribution < 1.29 is 4.79 Å². The number of benzene rings is 2. The van der Waals surface area contributed by atoms with Crippen molar-refractivity contribution >= 4 is 40.6 Å². The van der Waals surface area contributed by atoms with Crippen LogP contribution in [-0.2, 0) is 11.8 Å². The van der Waals surface area contributed by atoms with Gasteiger partial charge in [0.2, 0.25) is 5.91 Å². The first-order valence-corrected chi connectivity index (χ1v) is 10.8. The van der Waals surface area contributed by atoms with Gasteiger partial charge in [0.05, 0.1) is 11.4 Å². The van der Waals surface area contributed by atoms with Crippen LogP contribution >= 0.6 is 22.9 Å². The monoisotopic (exact) mass is 449 g/mol. The van der Waals surface area contributed by atoms with E-state index < -0.39 is 0 Å². The van der Waals surface area contributed by atoms with Crippen molar-refractivity contribution in [1.82, 2.24) is 9.36 Å². The van der Waals surface area contributed by atoms with Crippen molar-refractivity contribution in [2.24, 2.45) is 7.05 Å². The number of nitrogens with zero attached hydrogens (tertiary/aromatic N) is 2. The van der Waals surface area contributed by atoms with E-state index in [1.165, 1.54) is 10.8 Å². The summed E-state index contributed by atoms with van der Waals surface area (Å²) in [6, 6.07) is 20.9. The van der Waals surface area contributed by atoms with Gasteiger partial charge in [-0.15, -0.1) is 11.3 Å². The lowest BCUT2D eigenvalue weighted by molar-refractivity contribution is -0.111. The van der Waals surface area contributed by atoms with Gasteiger partial charge < -0.3 is 5.32 Å². The largest absolute Gasteiger partial charge is 0.316 e. The summed E-state index contributed by atoms with van der Waals surface area (Å²) in [5.74, 6) is -0.358. The predicted octanol–water partition coefficient (Wildman–Crippen LogP) is 5.52. The number of rotatable bonds is 5. The van der Waals surface area contributed by atoms with Crippen LogP contribution in [0.3, 0.4) is 0 Å². The van der Waals surface area contributed by atoms with E-state index in [1.54, 1.807) is 36.1 Å². The third-order valence-corrected chi connectivity index (χ3v) is 6.27. The van der Waals surface area contributed by atoms with Crippen molar-refractivity contribution in [2.75, 3.05) is 5.32 Å². The minimum Gasteiger partial charge on any atom is -0.316 e. The molecule has 2 aromatic heterocycles. The molecule has 0 unspecified atom stereocenters.